The maximum absolute atomic E-state index is 14.1. The number of ether oxygens (including phenoxy) is 1. The van der Waals surface area contributed by atoms with Gasteiger partial charge in [0, 0.05) is 5.56 Å². The average Bonchev–Trinajstić information content (AvgIpc) is 2.73. The van der Waals surface area contributed by atoms with Gasteiger partial charge < -0.3 is 15.2 Å². The van der Waals surface area contributed by atoms with Crippen LogP contribution < -0.4 is 10.1 Å². The van der Waals surface area contributed by atoms with Crippen LogP contribution in [-0.4, -0.2) is 18.1 Å². The fourth-order valence-corrected chi connectivity index (χ4v) is 2.49. The van der Waals surface area contributed by atoms with Crippen LogP contribution in [0.25, 0.3) is 0 Å². The molecule has 0 spiro atoms. The largest absolute Gasteiger partial charge is 0.497 e. The molecule has 2 aromatic rings. The molecular formula is C15H11F2NO3. The molecule has 108 valence electrons. The van der Waals surface area contributed by atoms with E-state index in [0.717, 1.165) is 12.1 Å². The Morgan fingerprint density at radius 1 is 1.19 bits per heavy atom. The van der Waals surface area contributed by atoms with Gasteiger partial charge in [-0.2, -0.15) is 0 Å². The first kappa shape index (κ1) is 13.5. The van der Waals surface area contributed by atoms with E-state index in [-0.39, 0.29) is 22.6 Å². The minimum Gasteiger partial charge on any atom is -0.497 e. The first-order valence-electron chi connectivity index (χ1n) is 6.15. The third kappa shape index (κ3) is 1.80. The Labute approximate surface area is 119 Å². The molecule has 2 aromatic carbocycles. The van der Waals surface area contributed by atoms with Crippen LogP contribution in [0, 0.1) is 11.6 Å². The number of fused-ring (bicyclic) bond motifs is 1. The van der Waals surface area contributed by atoms with E-state index in [9.17, 15) is 18.7 Å². The monoisotopic (exact) mass is 291 g/mol. The quantitative estimate of drug-likeness (QED) is 0.891. The molecule has 1 aliphatic heterocycles. The lowest BCUT2D eigenvalue weighted by molar-refractivity contribution is -0.130. The number of anilines is 1. The van der Waals surface area contributed by atoms with Gasteiger partial charge in [0.2, 0.25) is 5.60 Å². The summed E-state index contributed by atoms with van der Waals surface area (Å²) in [7, 11) is 1.37. The molecule has 2 N–H and O–H groups in total. The molecule has 6 heteroatoms. The van der Waals surface area contributed by atoms with Crippen molar-refractivity contribution in [3.8, 4) is 5.75 Å². The SMILES string of the molecule is COc1ccc(F)c(C2(O)C(=O)Nc3cccc(F)c32)c1. The average molecular weight is 291 g/mol. The number of aliphatic hydroxyl groups is 1. The minimum atomic E-state index is -2.43. The Kier molecular flexibility index (Phi) is 2.91. The van der Waals surface area contributed by atoms with Crippen LogP contribution in [0.4, 0.5) is 14.5 Å². The van der Waals surface area contributed by atoms with Crippen molar-refractivity contribution in [2.24, 2.45) is 0 Å². The molecule has 1 amide bonds. The highest BCUT2D eigenvalue weighted by Gasteiger charge is 2.50. The smallest absolute Gasteiger partial charge is 0.266 e. The van der Waals surface area contributed by atoms with E-state index < -0.39 is 23.1 Å². The van der Waals surface area contributed by atoms with E-state index in [1.807, 2.05) is 0 Å². The highest BCUT2D eigenvalue weighted by Crippen LogP contribution is 2.43. The van der Waals surface area contributed by atoms with Gasteiger partial charge in [0.1, 0.15) is 17.4 Å². The highest BCUT2D eigenvalue weighted by atomic mass is 19.1. The third-order valence-corrected chi connectivity index (χ3v) is 3.52. The number of rotatable bonds is 2. The molecule has 0 aromatic heterocycles. The predicted octanol–water partition coefficient (Wildman–Crippen LogP) is 2.16. The molecule has 3 rings (SSSR count). The summed E-state index contributed by atoms with van der Waals surface area (Å²) in [5.41, 5.74) is -2.96. The Bertz CT molecular complexity index is 748. The number of nitrogens with one attached hydrogen (secondary N) is 1. The van der Waals surface area contributed by atoms with Gasteiger partial charge in [0.05, 0.1) is 18.4 Å². The summed E-state index contributed by atoms with van der Waals surface area (Å²) in [6.45, 7) is 0. The molecule has 21 heavy (non-hydrogen) atoms. The maximum atomic E-state index is 14.1. The van der Waals surface area contributed by atoms with Crippen LogP contribution in [0.5, 0.6) is 5.75 Å². The van der Waals surface area contributed by atoms with E-state index >= 15 is 0 Å². The number of hydrogen-bond acceptors (Lipinski definition) is 3. The lowest BCUT2D eigenvalue weighted by atomic mass is 9.86. The Morgan fingerprint density at radius 2 is 1.95 bits per heavy atom. The second-order valence-electron chi connectivity index (χ2n) is 4.67. The summed E-state index contributed by atoms with van der Waals surface area (Å²) in [5.74, 6) is -2.28. The van der Waals surface area contributed by atoms with Gasteiger partial charge >= 0.3 is 0 Å². The zero-order chi connectivity index (χ0) is 15.2. The van der Waals surface area contributed by atoms with Gasteiger partial charge in [0.25, 0.3) is 5.91 Å². The first-order valence-corrected chi connectivity index (χ1v) is 6.15. The van der Waals surface area contributed by atoms with Gasteiger partial charge in [-0.3, -0.25) is 4.79 Å². The Hall–Kier alpha value is -2.47. The van der Waals surface area contributed by atoms with Gasteiger partial charge in [-0.15, -0.1) is 0 Å². The normalized spacial score (nSPS) is 20.1. The third-order valence-electron chi connectivity index (χ3n) is 3.52. The number of carbonyl (C=O) groups excluding carboxylic acids is 1. The molecule has 1 heterocycles. The highest BCUT2D eigenvalue weighted by molar-refractivity contribution is 6.07. The number of amides is 1. The van der Waals surface area contributed by atoms with Crippen LogP contribution in [0.15, 0.2) is 36.4 Å². The van der Waals surface area contributed by atoms with E-state index in [0.29, 0.717) is 0 Å². The van der Waals surface area contributed by atoms with Crippen LogP contribution in [-0.2, 0) is 10.4 Å². The minimum absolute atomic E-state index is 0.115. The van der Waals surface area contributed by atoms with Crippen LogP contribution in [0.1, 0.15) is 11.1 Å². The number of methoxy groups -OCH3 is 1. The Balaban J connectivity index is 2.30. The van der Waals surface area contributed by atoms with Crippen LogP contribution in [0.3, 0.4) is 0 Å². The predicted molar refractivity (Wildman–Crippen MR) is 71.0 cm³/mol. The summed E-state index contributed by atoms with van der Waals surface area (Å²) in [5, 5.41) is 13.1. The summed E-state index contributed by atoms with van der Waals surface area (Å²) in [6, 6.07) is 7.50. The van der Waals surface area contributed by atoms with Crippen molar-refractivity contribution < 1.29 is 23.4 Å². The molecule has 1 unspecified atom stereocenters. The molecule has 0 saturated heterocycles. The molecule has 1 aliphatic rings. The van der Waals surface area contributed by atoms with Crippen molar-refractivity contribution in [3.05, 3.63) is 59.2 Å². The summed E-state index contributed by atoms with van der Waals surface area (Å²) >= 11 is 0. The van der Waals surface area contributed by atoms with Crippen molar-refractivity contribution in [2.75, 3.05) is 12.4 Å². The Morgan fingerprint density at radius 3 is 2.67 bits per heavy atom. The number of benzene rings is 2. The summed E-state index contributed by atoms with van der Waals surface area (Å²) in [4.78, 5) is 12.1. The first-order chi connectivity index (χ1) is 9.98. The zero-order valence-electron chi connectivity index (χ0n) is 11.0. The molecular weight excluding hydrogens is 280 g/mol. The topological polar surface area (TPSA) is 58.6 Å². The summed E-state index contributed by atoms with van der Waals surface area (Å²) in [6.07, 6.45) is 0. The van der Waals surface area contributed by atoms with E-state index in [1.54, 1.807) is 0 Å². The lowest BCUT2D eigenvalue weighted by Gasteiger charge is -2.22. The fourth-order valence-electron chi connectivity index (χ4n) is 2.49. The molecule has 0 radical (unpaired) electrons. The molecule has 0 aliphatic carbocycles. The molecule has 0 saturated carbocycles. The molecule has 1 atom stereocenters. The molecule has 4 nitrogen and oxygen atoms in total. The van der Waals surface area contributed by atoms with Crippen LogP contribution in [0.2, 0.25) is 0 Å². The standard InChI is InChI=1S/C15H11F2NO3/c1-21-8-5-6-10(16)9(7-8)15(20)13-11(17)3-2-4-12(13)18-14(15)19/h2-7,20H,1H3,(H,18,19). The van der Waals surface area contributed by atoms with Crippen molar-refractivity contribution in [1.82, 2.24) is 0 Å². The van der Waals surface area contributed by atoms with Gasteiger partial charge in [-0.1, -0.05) is 6.07 Å². The van der Waals surface area contributed by atoms with Crippen molar-refractivity contribution >= 4 is 11.6 Å². The molecule has 0 bridgehead atoms. The van der Waals surface area contributed by atoms with E-state index in [2.05, 4.69) is 5.32 Å². The van der Waals surface area contributed by atoms with Gasteiger partial charge in [-0.05, 0) is 30.3 Å². The van der Waals surface area contributed by atoms with Gasteiger partial charge in [-0.25, -0.2) is 8.78 Å². The summed E-state index contributed by atoms with van der Waals surface area (Å²) < 4.78 is 33.1. The van der Waals surface area contributed by atoms with Crippen molar-refractivity contribution in [1.29, 1.82) is 0 Å². The second-order valence-corrected chi connectivity index (χ2v) is 4.67. The fraction of sp³-hybridized carbons (Fsp3) is 0.133. The number of carbonyl (C=O) groups is 1. The van der Waals surface area contributed by atoms with E-state index in [4.69, 9.17) is 4.74 Å². The van der Waals surface area contributed by atoms with E-state index in [1.165, 1.54) is 31.4 Å². The van der Waals surface area contributed by atoms with Crippen LogP contribution >= 0.6 is 0 Å². The maximum Gasteiger partial charge on any atom is 0.266 e. The molecule has 0 fully saturated rings. The number of halogens is 2. The second kappa shape index (κ2) is 4.53. The van der Waals surface area contributed by atoms with Crippen molar-refractivity contribution in [2.45, 2.75) is 5.60 Å². The van der Waals surface area contributed by atoms with Gasteiger partial charge in [0.15, 0.2) is 0 Å². The lowest BCUT2D eigenvalue weighted by Crippen LogP contribution is -2.37. The number of hydrogen-bond donors (Lipinski definition) is 2. The zero-order valence-corrected chi connectivity index (χ0v) is 11.0. The van der Waals surface area contributed by atoms with Crippen molar-refractivity contribution in [3.63, 3.8) is 0 Å².